The number of rotatable bonds is 10. The molecule has 0 saturated carbocycles. The van der Waals surface area contributed by atoms with Crippen molar-refractivity contribution < 1.29 is 14.3 Å². The van der Waals surface area contributed by atoms with Crippen LogP contribution in [0.4, 0.5) is 5.69 Å². The van der Waals surface area contributed by atoms with Crippen molar-refractivity contribution in [3.05, 3.63) is 95.3 Å². The van der Waals surface area contributed by atoms with Crippen molar-refractivity contribution in [1.82, 2.24) is 20.1 Å². The van der Waals surface area contributed by atoms with E-state index in [2.05, 4.69) is 20.8 Å². The van der Waals surface area contributed by atoms with Crippen LogP contribution in [0, 0.1) is 13.8 Å². The van der Waals surface area contributed by atoms with Crippen molar-refractivity contribution in [2.24, 2.45) is 0 Å². The number of thioether (sulfide) groups is 1. The zero-order valence-corrected chi connectivity index (χ0v) is 21.8. The second-order valence-corrected chi connectivity index (χ2v) is 9.31. The fourth-order valence-electron chi connectivity index (χ4n) is 3.66. The smallest absolute Gasteiger partial charge is 0.251 e. The molecule has 0 radical (unpaired) electrons. The number of ether oxygens (including phenoxy) is 1. The summed E-state index contributed by atoms with van der Waals surface area (Å²) in [7, 11) is 0. The summed E-state index contributed by atoms with van der Waals surface area (Å²) in [6.07, 6.45) is 0. The van der Waals surface area contributed by atoms with Gasteiger partial charge in [0.15, 0.2) is 11.0 Å². The largest absolute Gasteiger partial charge is 0.494 e. The maximum Gasteiger partial charge on any atom is 0.251 e. The molecule has 0 spiro atoms. The number of hydrogen-bond acceptors (Lipinski definition) is 6. The quantitative estimate of drug-likeness (QED) is 0.290. The Hall–Kier alpha value is -4.11. The van der Waals surface area contributed by atoms with Gasteiger partial charge in [0.25, 0.3) is 5.91 Å². The second kappa shape index (κ2) is 12.2. The minimum absolute atomic E-state index is 0.140. The van der Waals surface area contributed by atoms with Gasteiger partial charge in [-0.3, -0.25) is 14.2 Å². The van der Waals surface area contributed by atoms with Crippen LogP contribution in [-0.2, 0) is 11.3 Å². The molecule has 0 aliphatic carbocycles. The van der Waals surface area contributed by atoms with E-state index in [1.54, 1.807) is 12.1 Å². The average Bonchev–Trinajstić information content (AvgIpc) is 3.32. The first kappa shape index (κ1) is 26.0. The first-order valence-electron chi connectivity index (χ1n) is 11.9. The van der Waals surface area contributed by atoms with Gasteiger partial charge in [-0.15, -0.1) is 10.2 Å². The summed E-state index contributed by atoms with van der Waals surface area (Å²) < 4.78 is 7.41. The monoisotopic (exact) mass is 515 g/mol. The van der Waals surface area contributed by atoms with Crippen molar-refractivity contribution in [3.8, 4) is 11.4 Å². The Morgan fingerprint density at radius 2 is 1.73 bits per heavy atom. The van der Waals surface area contributed by atoms with Crippen molar-refractivity contribution in [1.29, 1.82) is 0 Å². The number of benzene rings is 3. The number of carbonyl (C=O) groups excluding carboxylic acids is 2. The average molecular weight is 516 g/mol. The molecule has 0 fully saturated rings. The summed E-state index contributed by atoms with van der Waals surface area (Å²) in [5, 5.41) is 15.1. The van der Waals surface area contributed by atoms with Crippen molar-refractivity contribution >= 4 is 29.3 Å². The predicted octanol–water partition coefficient (Wildman–Crippen LogP) is 4.94. The van der Waals surface area contributed by atoms with Gasteiger partial charge >= 0.3 is 0 Å². The van der Waals surface area contributed by atoms with Crippen LogP contribution < -0.4 is 15.4 Å². The minimum Gasteiger partial charge on any atom is -0.494 e. The van der Waals surface area contributed by atoms with Gasteiger partial charge in [0.1, 0.15) is 5.75 Å². The van der Waals surface area contributed by atoms with Crippen molar-refractivity contribution in [2.45, 2.75) is 32.5 Å². The molecule has 2 N–H and O–H groups in total. The Bertz CT molecular complexity index is 1370. The topological polar surface area (TPSA) is 98.1 Å². The normalized spacial score (nSPS) is 10.7. The molecule has 3 aromatic carbocycles. The molecule has 8 nitrogen and oxygen atoms in total. The fraction of sp³-hybridized carbons (Fsp3) is 0.214. The van der Waals surface area contributed by atoms with Crippen LogP contribution >= 0.6 is 11.8 Å². The SMILES string of the molecule is CCOc1ccc(-n2c(CNC(=O)c3ccccc3)nnc2SCC(=O)Nc2cc(C)ccc2C)cc1. The maximum absolute atomic E-state index is 12.7. The van der Waals surface area contributed by atoms with Crippen LogP contribution in [0.2, 0.25) is 0 Å². The van der Waals surface area contributed by atoms with Gasteiger partial charge in [-0.1, -0.05) is 42.1 Å². The molecular formula is C28H29N5O3S. The van der Waals surface area contributed by atoms with E-state index in [-0.39, 0.29) is 24.1 Å². The lowest BCUT2D eigenvalue weighted by Gasteiger charge is -2.12. The van der Waals surface area contributed by atoms with Crippen LogP contribution in [0.5, 0.6) is 5.75 Å². The molecule has 9 heteroatoms. The zero-order valence-electron chi connectivity index (χ0n) is 21.0. The molecule has 37 heavy (non-hydrogen) atoms. The number of hydrogen-bond donors (Lipinski definition) is 2. The number of aromatic nitrogens is 3. The third-order valence-corrected chi connectivity index (χ3v) is 6.48. The van der Waals surface area contributed by atoms with Crippen LogP contribution in [0.3, 0.4) is 0 Å². The summed E-state index contributed by atoms with van der Waals surface area (Å²) in [6.45, 7) is 6.61. The highest BCUT2D eigenvalue weighted by Crippen LogP contribution is 2.25. The highest BCUT2D eigenvalue weighted by molar-refractivity contribution is 7.99. The van der Waals surface area contributed by atoms with Gasteiger partial charge in [0, 0.05) is 16.9 Å². The summed E-state index contributed by atoms with van der Waals surface area (Å²) in [6, 6.07) is 22.5. The second-order valence-electron chi connectivity index (χ2n) is 8.37. The Morgan fingerprint density at radius 3 is 2.46 bits per heavy atom. The number of nitrogens with zero attached hydrogens (tertiary/aromatic N) is 3. The lowest BCUT2D eigenvalue weighted by Crippen LogP contribution is -2.24. The third kappa shape index (κ3) is 6.77. The van der Waals surface area contributed by atoms with E-state index in [0.717, 1.165) is 28.3 Å². The summed E-state index contributed by atoms with van der Waals surface area (Å²) >= 11 is 1.28. The van der Waals surface area contributed by atoms with Gasteiger partial charge in [-0.25, -0.2) is 0 Å². The highest BCUT2D eigenvalue weighted by Gasteiger charge is 2.17. The summed E-state index contributed by atoms with van der Waals surface area (Å²) in [5.41, 5.74) is 4.23. The predicted molar refractivity (Wildman–Crippen MR) is 145 cm³/mol. The summed E-state index contributed by atoms with van der Waals surface area (Å²) in [4.78, 5) is 25.3. The van der Waals surface area contributed by atoms with Gasteiger partial charge in [-0.05, 0) is 74.4 Å². The minimum atomic E-state index is -0.205. The van der Waals surface area contributed by atoms with Gasteiger partial charge in [0.05, 0.1) is 18.9 Å². The lowest BCUT2D eigenvalue weighted by molar-refractivity contribution is -0.113. The molecule has 0 unspecified atom stereocenters. The maximum atomic E-state index is 12.7. The van der Waals surface area contributed by atoms with Crippen molar-refractivity contribution in [2.75, 3.05) is 17.7 Å². The van der Waals surface area contributed by atoms with E-state index >= 15 is 0 Å². The van der Waals surface area contributed by atoms with E-state index in [4.69, 9.17) is 4.74 Å². The molecule has 0 atom stereocenters. The summed E-state index contributed by atoms with van der Waals surface area (Å²) in [5.74, 6) is 1.10. The molecule has 0 bridgehead atoms. The van der Waals surface area contributed by atoms with Gasteiger partial charge < -0.3 is 15.4 Å². The highest BCUT2D eigenvalue weighted by atomic mass is 32.2. The van der Waals surface area contributed by atoms with Crippen molar-refractivity contribution in [3.63, 3.8) is 0 Å². The first-order valence-corrected chi connectivity index (χ1v) is 12.9. The molecule has 4 aromatic rings. The number of nitrogens with one attached hydrogen (secondary N) is 2. The number of amides is 2. The fourth-order valence-corrected chi connectivity index (χ4v) is 4.43. The van der Waals surface area contributed by atoms with Gasteiger partial charge in [0.2, 0.25) is 5.91 Å². The number of carbonyl (C=O) groups is 2. The van der Waals surface area contributed by atoms with Crippen LogP contribution in [0.1, 0.15) is 34.2 Å². The molecule has 2 amide bonds. The lowest BCUT2D eigenvalue weighted by atomic mass is 10.1. The van der Waals surface area contributed by atoms with Crippen LogP contribution in [-0.4, -0.2) is 38.9 Å². The molecule has 190 valence electrons. The Kier molecular flexibility index (Phi) is 8.58. The van der Waals surface area contributed by atoms with Gasteiger partial charge in [-0.2, -0.15) is 0 Å². The molecule has 1 aromatic heterocycles. The number of aryl methyl sites for hydroxylation is 2. The van der Waals surface area contributed by atoms with E-state index in [1.165, 1.54) is 11.8 Å². The Labute approximate surface area is 220 Å². The molecule has 1 heterocycles. The molecule has 0 aliphatic heterocycles. The third-order valence-electron chi connectivity index (χ3n) is 5.55. The molecule has 4 rings (SSSR count). The Morgan fingerprint density at radius 1 is 0.973 bits per heavy atom. The first-order chi connectivity index (χ1) is 17.9. The molecule has 0 aliphatic rings. The molecule has 0 saturated heterocycles. The zero-order chi connectivity index (χ0) is 26.2. The van der Waals surface area contributed by atoms with E-state index < -0.39 is 0 Å². The van der Waals surface area contributed by atoms with E-state index in [9.17, 15) is 9.59 Å². The van der Waals surface area contributed by atoms with E-state index in [0.29, 0.717) is 23.2 Å². The Balaban J connectivity index is 1.52. The van der Waals surface area contributed by atoms with Crippen LogP contribution in [0.25, 0.3) is 5.69 Å². The molecular weight excluding hydrogens is 486 g/mol. The standard InChI is InChI=1S/C28H29N5O3S/c1-4-36-23-14-12-22(13-15-23)33-25(17-29-27(35)21-8-6-5-7-9-21)31-32-28(33)37-18-26(34)30-24-16-19(2)10-11-20(24)3/h5-16H,4,17-18H2,1-3H3,(H,29,35)(H,30,34). The number of anilines is 1. The van der Waals surface area contributed by atoms with Crippen LogP contribution in [0.15, 0.2) is 78.0 Å². The van der Waals surface area contributed by atoms with E-state index in [1.807, 2.05) is 86.0 Å².